The first kappa shape index (κ1) is 20.9. The Hall–Kier alpha value is -2.37. The maximum atomic E-state index is 12.8. The highest BCUT2D eigenvalue weighted by Crippen LogP contribution is 2.25. The minimum absolute atomic E-state index is 0.0149. The monoisotopic (exact) mass is 374 g/mol. The molecule has 148 valence electrons. The third-order valence-corrected chi connectivity index (χ3v) is 4.82. The zero-order valence-electron chi connectivity index (χ0n) is 16.2. The molecule has 0 bridgehead atoms. The Kier molecular flexibility index (Phi) is 7.82. The Bertz CT molecular complexity index is 672. The van der Waals surface area contributed by atoms with Crippen molar-refractivity contribution in [3.63, 3.8) is 0 Å². The molecule has 2 rings (SSSR count). The standard InChI is InChI=1S/C21H30N2O4/c1-15(2)12-19(24)23-14-17-9-6-5-8-16(17)13-18(23)21(27)22-11-7-3-4-10-20(25)26/h5-6,8-9,15,18H,3-4,7,10-14H2,1-2H3,(H,22,27)(H,25,26). The number of rotatable bonds is 9. The van der Waals surface area contributed by atoms with Gasteiger partial charge in [-0.1, -0.05) is 44.5 Å². The van der Waals surface area contributed by atoms with Gasteiger partial charge < -0.3 is 15.3 Å². The van der Waals surface area contributed by atoms with Gasteiger partial charge in [0.2, 0.25) is 11.8 Å². The van der Waals surface area contributed by atoms with E-state index in [1.165, 1.54) is 0 Å². The van der Waals surface area contributed by atoms with Crippen LogP contribution in [0.15, 0.2) is 24.3 Å². The lowest BCUT2D eigenvalue weighted by molar-refractivity contribution is -0.142. The van der Waals surface area contributed by atoms with Crippen LogP contribution >= 0.6 is 0 Å². The number of amides is 2. The maximum Gasteiger partial charge on any atom is 0.303 e. The van der Waals surface area contributed by atoms with Crippen LogP contribution in [0.1, 0.15) is 57.1 Å². The van der Waals surface area contributed by atoms with Gasteiger partial charge in [-0.2, -0.15) is 0 Å². The summed E-state index contributed by atoms with van der Waals surface area (Å²) in [5.74, 6) is -0.659. The summed E-state index contributed by atoms with van der Waals surface area (Å²) in [6, 6.07) is 7.47. The topological polar surface area (TPSA) is 86.7 Å². The van der Waals surface area contributed by atoms with E-state index in [1.807, 2.05) is 38.1 Å². The molecule has 27 heavy (non-hydrogen) atoms. The summed E-state index contributed by atoms with van der Waals surface area (Å²) in [5, 5.41) is 11.6. The predicted molar refractivity (Wildman–Crippen MR) is 103 cm³/mol. The first-order valence-electron chi connectivity index (χ1n) is 9.74. The van der Waals surface area contributed by atoms with E-state index in [0.717, 1.165) is 24.0 Å². The molecule has 0 spiro atoms. The normalized spacial score (nSPS) is 16.1. The van der Waals surface area contributed by atoms with Gasteiger partial charge in [0, 0.05) is 32.4 Å². The van der Waals surface area contributed by atoms with E-state index in [1.54, 1.807) is 4.90 Å². The van der Waals surface area contributed by atoms with E-state index >= 15 is 0 Å². The number of aliphatic carboxylic acids is 1. The molecule has 6 heteroatoms. The quantitative estimate of drug-likeness (QED) is 0.651. The highest BCUT2D eigenvalue weighted by Gasteiger charge is 2.34. The van der Waals surface area contributed by atoms with Crippen molar-refractivity contribution < 1.29 is 19.5 Å². The zero-order valence-corrected chi connectivity index (χ0v) is 16.2. The molecule has 6 nitrogen and oxygen atoms in total. The Labute approximate surface area is 160 Å². The summed E-state index contributed by atoms with van der Waals surface area (Å²) in [6.45, 7) is 4.98. The van der Waals surface area contributed by atoms with Crippen LogP contribution in [0.2, 0.25) is 0 Å². The van der Waals surface area contributed by atoms with Crippen molar-refractivity contribution in [1.82, 2.24) is 10.2 Å². The highest BCUT2D eigenvalue weighted by atomic mass is 16.4. The van der Waals surface area contributed by atoms with Crippen molar-refractivity contribution in [1.29, 1.82) is 0 Å². The lowest BCUT2D eigenvalue weighted by Crippen LogP contribution is -2.52. The van der Waals surface area contributed by atoms with Crippen molar-refractivity contribution in [3.8, 4) is 0 Å². The van der Waals surface area contributed by atoms with Gasteiger partial charge in [-0.3, -0.25) is 14.4 Å². The number of nitrogens with one attached hydrogen (secondary N) is 1. The van der Waals surface area contributed by atoms with E-state index in [2.05, 4.69) is 5.32 Å². The van der Waals surface area contributed by atoms with E-state index < -0.39 is 12.0 Å². The molecule has 1 atom stereocenters. The fourth-order valence-electron chi connectivity index (χ4n) is 3.39. The van der Waals surface area contributed by atoms with E-state index in [0.29, 0.717) is 32.4 Å². The van der Waals surface area contributed by atoms with Crippen molar-refractivity contribution >= 4 is 17.8 Å². The summed E-state index contributed by atoms with van der Waals surface area (Å²) in [7, 11) is 0. The number of carbonyl (C=O) groups excluding carboxylic acids is 2. The molecule has 2 N–H and O–H groups in total. The van der Waals surface area contributed by atoms with Crippen molar-refractivity contribution in [2.75, 3.05) is 6.54 Å². The molecule has 1 aliphatic rings. The fourth-order valence-corrected chi connectivity index (χ4v) is 3.39. The van der Waals surface area contributed by atoms with Crippen molar-refractivity contribution in [2.24, 2.45) is 5.92 Å². The van der Waals surface area contributed by atoms with Gasteiger partial charge in [0.1, 0.15) is 6.04 Å². The van der Waals surface area contributed by atoms with E-state index in [4.69, 9.17) is 5.11 Å². The number of fused-ring (bicyclic) bond motifs is 1. The van der Waals surface area contributed by atoms with Crippen LogP contribution in [0.4, 0.5) is 0 Å². The number of benzene rings is 1. The third kappa shape index (κ3) is 6.38. The van der Waals surface area contributed by atoms with Crippen LogP contribution in [-0.2, 0) is 27.3 Å². The van der Waals surface area contributed by atoms with E-state index in [9.17, 15) is 14.4 Å². The van der Waals surface area contributed by atoms with Crippen LogP contribution < -0.4 is 5.32 Å². The SMILES string of the molecule is CC(C)CC(=O)N1Cc2ccccc2CC1C(=O)NCCCCCC(=O)O. The zero-order chi connectivity index (χ0) is 19.8. The van der Waals surface area contributed by atoms with E-state index in [-0.39, 0.29) is 24.2 Å². The highest BCUT2D eigenvalue weighted by molar-refractivity contribution is 5.88. The van der Waals surface area contributed by atoms with Crippen LogP contribution in [0.25, 0.3) is 0 Å². The maximum absolute atomic E-state index is 12.8. The van der Waals surface area contributed by atoms with Crippen molar-refractivity contribution in [2.45, 2.75) is 65.0 Å². The number of carboxylic acid groups (broad SMARTS) is 1. The van der Waals surface area contributed by atoms with Crippen LogP contribution in [0.5, 0.6) is 0 Å². The van der Waals surface area contributed by atoms with Crippen LogP contribution in [0.3, 0.4) is 0 Å². The summed E-state index contributed by atoms with van der Waals surface area (Å²) in [4.78, 5) is 37.7. The second-order valence-corrected chi connectivity index (χ2v) is 7.60. The molecular weight excluding hydrogens is 344 g/mol. The largest absolute Gasteiger partial charge is 0.481 e. The Morgan fingerprint density at radius 1 is 1.15 bits per heavy atom. The number of hydrogen-bond donors (Lipinski definition) is 2. The summed E-state index contributed by atoms with van der Waals surface area (Å²) in [6.07, 6.45) is 3.23. The number of carbonyl (C=O) groups is 3. The lowest BCUT2D eigenvalue weighted by Gasteiger charge is -2.36. The Morgan fingerprint density at radius 3 is 2.52 bits per heavy atom. The Morgan fingerprint density at radius 2 is 1.85 bits per heavy atom. The van der Waals surface area contributed by atoms with Gasteiger partial charge in [-0.05, 0) is 29.9 Å². The number of unbranched alkanes of at least 4 members (excludes halogenated alkanes) is 2. The average molecular weight is 374 g/mol. The minimum atomic E-state index is -0.792. The fraction of sp³-hybridized carbons (Fsp3) is 0.571. The molecule has 1 aromatic rings. The number of carboxylic acids is 1. The molecule has 1 unspecified atom stereocenters. The lowest BCUT2D eigenvalue weighted by atomic mass is 9.92. The molecular formula is C21H30N2O4. The van der Waals surface area contributed by atoms with Gasteiger partial charge in [-0.15, -0.1) is 0 Å². The molecule has 0 fully saturated rings. The summed E-state index contributed by atoms with van der Waals surface area (Å²) in [5.41, 5.74) is 2.22. The van der Waals surface area contributed by atoms with Gasteiger partial charge in [0.15, 0.2) is 0 Å². The van der Waals surface area contributed by atoms with Gasteiger partial charge in [0.25, 0.3) is 0 Å². The molecule has 1 aliphatic heterocycles. The summed E-state index contributed by atoms with van der Waals surface area (Å²) < 4.78 is 0. The number of nitrogens with zero attached hydrogens (tertiary/aromatic N) is 1. The average Bonchev–Trinajstić information content (AvgIpc) is 2.62. The Balaban J connectivity index is 1.96. The molecule has 0 aliphatic carbocycles. The third-order valence-electron chi connectivity index (χ3n) is 4.82. The van der Waals surface area contributed by atoms with Crippen LogP contribution in [0, 0.1) is 5.92 Å². The first-order chi connectivity index (χ1) is 12.9. The smallest absolute Gasteiger partial charge is 0.303 e. The predicted octanol–water partition coefficient (Wildman–Crippen LogP) is 2.75. The first-order valence-corrected chi connectivity index (χ1v) is 9.74. The second kappa shape index (κ2) is 10.1. The molecule has 2 amide bonds. The molecule has 0 saturated heterocycles. The molecule has 0 aromatic heterocycles. The molecule has 1 aromatic carbocycles. The number of hydrogen-bond acceptors (Lipinski definition) is 3. The van der Waals surface area contributed by atoms with Gasteiger partial charge in [0.05, 0.1) is 0 Å². The summed E-state index contributed by atoms with van der Waals surface area (Å²) >= 11 is 0. The minimum Gasteiger partial charge on any atom is -0.481 e. The molecule has 0 radical (unpaired) electrons. The van der Waals surface area contributed by atoms with Crippen LogP contribution in [-0.4, -0.2) is 40.4 Å². The molecule has 1 heterocycles. The second-order valence-electron chi connectivity index (χ2n) is 7.60. The van der Waals surface area contributed by atoms with Gasteiger partial charge in [-0.25, -0.2) is 0 Å². The van der Waals surface area contributed by atoms with Gasteiger partial charge >= 0.3 is 5.97 Å². The molecule has 0 saturated carbocycles. The van der Waals surface area contributed by atoms with Crippen molar-refractivity contribution in [3.05, 3.63) is 35.4 Å².